The van der Waals surface area contributed by atoms with Crippen molar-refractivity contribution in [2.75, 3.05) is 12.3 Å². The van der Waals surface area contributed by atoms with E-state index in [1.165, 1.54) is 0 Å². The number of rotatable bonds is 3. The lowest BCUT2D eigenvalue weighted by molar-refractivity contribution is -0.129. The van der Waals surface area contributed by atoms with E-state index in [1.807, 2.05) is 17.0 Å². The second-order valence-corrected chi connectivity index (χ2v) is 7.97. The first-order valence-corrected chi connectivity index (χ1v) is 9.94. The van der Waals surface area contributed by atoms with E-state index in [-0.39, 0.29) is 28.7 Å². The maximum Gasteiger partial charge on any atom is 0.268 e. The molecule has 2 saturated heterocycles. The standard InChI is InChI=1S/C18H18ClN3O3S/c19-11-5-3-4-10-8-12(20-15(10)11)17(24)21-14-6-1-2-7-22(14)16-13(23)9-26-18(16)25/h3-5,8,14,16,20H,1-2,6-7,9H2,(H,21,24). The number of H-pyrrole nitrogens is 1. The number of likely N-dealkylation sites (tertiary alicyclic amines) is 1. The first kappa shape index (κ1) is 17.6. The number of aromatic amines is 1. The summed E-state index contributed by atoms with van der Waals surface area (Å²) < 4.78 is 0. The van der Waals surface area contributed by atoms with Gasteiger partial charge in [0.2, 0.25) is 5.12 Å². The van der Waals surface area contributed by atoms with Crippen molar-refractivity contribution >= 4 is 51.1 Å². The van der Waals surface area contributed by atoms with E-state index in [4.69, 9.17) is 11.6 Å². The molecule has 6 nitrogen and oxygen atoms in total. The van der Waals surface area contributed by atoms with Crippen LogP contribution in [-0.4, -0.2) is 51.2 Å². The molecule has 2 N–H and O–H groups in total. The monoisotopic (exact) mass is 391 g/mol. The molecule has 2 aromatic rings. The van der Waals surface area contributed by atoms with Crippen molar-refractivity contribution in [2.24, 2.45) is 0 Å². The summed E-state index contributed by atoms with van der Waals surface area (Å²) in [5.74, 6) is -0.112. The second-order valence-electron chi connectivity index (χ2n) is 6.59. The molecule has 136 valence electrons. The summed E-state index contributed by atoms with van der Waals surface area (Å²) in [6.07, 6.45) is 2.25. The van der Waals surface area contributed by atoms with Crippen molar-refractivity contribution in [3.63, 3.8) is 0 Å². The highest BCUT2D eigenvalue weighted by Gasteiger charge is 2.42. The number of para-hydroxylation sites is 1. The van der Waals surface area contributed by atoms with Gasteiger partial charge in [0.05, 0.1) is 22.5 Å². The summed E-state index contributed by atoms with van der Waals surface area (Å²) >= 11 is 7.23. The van der Waals surface area contributed by atoms with Crippen LogP contribution in [0.5, 0.6) is 0 Å². The predicted octanol–water partition coefficient (Wildman–Crippen LogP) is 2.57. The number of fused-ring (bicyclic) bond motifs is 1. The fourth-order valence-electron chi connectivity index (χ4n) is 3.64. The van der Waals surface area contributed by atoms with E-state index in [2.05, 4.69) is 10.3 Å². The van der Waals surface area contributed by atoms with Gasteiger partial charge in [-0.25, -0.2) is 0 Å². The molecule has 2 aliphatic heterocycles. The second kappa shape index (κ2) is 7.06. The first-order chi connectivity index (χ1) is 12.5. The Hall–Kier alpha value is -1.83. The van der Waals surface area contributed by atoms with Crippen molar-refractivity contribution in [3.8, 4) is 0 Å². The van der Waals surface area contributed by atoms with Crippen molar-refractivity contribution in [2.45, 2.75) is 31.5 Å². The number of carbonyl (C=O) groups excluding carboxylic acids is 3. The molecule has 0 aliphatic carbocycles. The number of carbonyl (C=O) groups is 3. The van der Waals surface area contributed by atoms with Crippen molar-refractivity contribution in [3.05, 3.63) is 35.0 Å². The van der Waals surface area contributed by atoms with E-state index < -0.39 is 6.04 Å². The average molecular weight is 392 g/mol. The Morgan fingerprint density at radius 3 is 2.88 bits per heavy atom. The summed E-state index contributed by atoms with van der Waals surface area (Å²) in [5, 5.41) is 4.28. The maximum atomic E-state index is 12.7. The molecule has 1 amide bonds. The minimum Gasteiger partial charge on any atom is -0.349 e. The van der Waals surface area contributed by atoms with E-state index >= 15 is 0 Å². The Kier molecular flexibility index (Phi) is 4.77. The molecule has 26 heavy (non-hydrogen) atoms. The van der Waals surface area contributed by atoms with Gasteiger partial charge in [0.15, 0.2) is 5.78 Å². The van der Waals surface area contributed by atoms with E-state index in [0.717, 1.165) is 35.5 Å². The minimum absolute atomic E-state index is 0.0708. The molecule has 1 aromatic heterocycles. The van der Waals surface area contributed by atoms with Gasteiger partial charge in [0, 0.05) is 11.9 Å². The smallest absolute Gasteiger partial charge is 0.268 e. The van der Waals surface area contributed by atoms with Gasteiger partial charge in [-0.15, -0.1) is 0 Å². The molecular formula is C18H18ClN3O3S. The number of piperidine rings is 1. The van der Waals surface area contributed by atoms with Crippen LogP contribution in [-0.2, 0) is 9.59 Å². The molecule has 8 heteroatoms. The molecule has 2 atom stereocenters. The molecule has 2 aliphatic rings. The fourth-order valence-corrected chi connectivity index (χ4v) is 4.74. The summed E-state index contributed by atoms with van der Waals surface area (Å²) in [4.78, 5) is 41.9. The Balaban J connectivity index is 1.55. The minimum atomic E-state index is -0.734. The highest BCUT2D eigenvalue weighted by atomic mass is 35.5. The lowest BCUT2D eigenvalue weighted by Crippen LogP contribution is -2.57. The van der Waals surface area contributed by atoms with Crippen LogP contribution >= 0.6 is 23.4 Å². The van der Waals surface area contributed by atoms with Crippen LogP contribution in [0.3, 0.4) is 0 Å². The Morgan fingerprint density at radius 1 is 1.31 bits per heavy atom. The van der Waals surface area contributed by atoms with Gasteiger partial charge < -0.3 is 10.3 Å². The molecule has 4 rings (SSSR count). The fraction of sp³-hybridized carbons (Fsp3) is 0.389. The van der Waals surface area contributed by atoms with Crippen molar-refractivity contribution in [1.82, 2.24) is 15.2 Å². The number of Topliss-reactive ketones (excluding diaryl/α,β-unsaturated/α-hetero) is 1. The van der Waals surface area contributed by atoms with Gasteiger partial charge in [0.1, 0.15) is 11.7 Å². The van der Waals surface area contributed by atoms with E-state index in [1.54, 1.807) is 12.1 Å². The zero-order valence-electron chi connectivity index (χ0n) is 14.0. The summed E-state index contributed by atoms with van der Waals surface area (Å²) in [6.45, 7) is 0.631. The number of thioether (sulfide) groups is 1. The molecule has 2 unspecified atom stereocenters. The maximum absolute atomic E-state index is 12.7. The van der Waals surface area contributed by atoms with E-state index in [9.17, 15) is 14.4 Å². The highest BCUT2D eigenvalue weighted by molar-refractivity contribution is 8.15. The molecular weight excluding hydrogens is 374 g/mol. The molecule has 0 radical (unpaired) electrons. The zero-order chi connectivity index (χ0) is 18.3. The molecule has 0 saturated carbocycles. The number of halogens is 1. The van der Waals surface area contributed by atoms with Crippen LogP contribution in [0.2, 0.25) is 5.02 Å². The van der Waals surface area contributed by atoms with Crippen LogP contribution in [0.4, 0.5) is 0 Å². The van der Waals surface area contributed by atoms with Crippen LogP contribution in [0.25, 0.3) is 10.9 Å². The summed E-state index contributed by atoms with van der Waals surface area (Å²) in [5.41, 5.74) is 1.13. The third kappa shape index (κ3) is 3.15. The predicted molar refractivity (Wildman–Crippen MR) is 101 cm³/mol. The van der Waals surface area contributed by atoms with Crippen LogP contribution in [0.1, 0.15) is 29.8 Å². The SMILES string of the molecule is O=C(NC1CCCCN1C1C(=O)CSC1=O)c1cc2cccc(Cl)c2[nH]1. The number of benzene rings is 1. The number of aromatic nitrogens is 1. The zero-order valence-corrected chi connectivity index (χ0v) is 15.5. The van der Waals surface area contributed by atoms with Crippen LogP contribution in [0.15, 0.2) is 24.3 Å². The number of ketones is 1. The molecule has 3 heterocycles. The molecule has 2 fully saturated rings. The van der Waals surface area contributed by atoms with Gasteiger partial charge in [-0.05, 0) is 31.4 Å². The van der Waals surface area contributed by atoms with Crippen LogP contribution < -0.4 is 5.32 Å². The highest BCUT2D eigenvalue weighted by Crippen LogP contribution is 2.28. The normalized spacial score (nSPS) is 24.3. The lowest BCUT2D eigenvalue weighted by Gasteiger charge is -2.38. The van der Waals surface area contributed by atoms with Crippen molar-refractivity contribution < 1.29 is 14.4 Å². The average Bonchev–Trinajstić information content (AvgIpc) is 3.20. The number of hydrogen-bond donors (Lipinski definition) is 2. The van der Waals surface area contributed by atoms with Gasteiger partial charge >= 0.3 is 0 Å². The number of nitrogens with one attached hydrogen (secondary N) is 2. The number of amides is 1. The Bertz CT molecular complexity index is 881. The van der Waals surface area contributed by atoms with E-state index in [0.29, 0.717) is 23.7 Å². The van der Waals surface area contributed by atoms with Gasteiger partial charge in [-0.3, -0.25) is 19.3 Å². The lowest BCUT2D eigenvalue weighted by atomic mass is 10.0. The quantitative estimate of drug-likeness (QED) is 0.786. The largest absolute Gasteiger partial charge is 0.349 e. The summed E-state index contributed by atoms with van der Waals surface area (Å²) in [6, 6.07) is 6.50. The van der Waals surface area contributed by atoms with Gasteiger partial charge in [0.25, 0.3) is 5.91 Å². The van der Waals surface area contributed by atoms with Gasteiger partial charge in [-0.2, -0.15) is 0 Å². The molecule has 0 bridgehead atoms. The first-order valence-electron chi connectivity index (χ1n) is 8.58. The molecule has 0 spiro atoms. The number of hydrogen-bond acceptors (Lipinski definition) is 5. The van der Waals surface area contributed by atoms with Crippen molar-refractivity contribution in [1.29, 1.82) is 0 Å². The number of nitrogens with zero attached hydrogens (tertiary/aromatic N) is 1. The Morgan fingerprint density at radius 2 is 2.15 bits per heavy atom. The van der Waals surface area contributed by atoms with Crippen LogP contribution in [0, 0.1) is 0 Å². The third-order valence-corrected chi connectivity index (χ3v) is 6.16. The van der Waals surface area contributed by atoms with Gasteiger partial charge in [-0.1, -0.05) is 35.5 Å². The molecule has 1 aromatic carbocycles. The third-order valence-electron chi connectivity index (χ3n) is 4.91. The summed E-state index contributed by atoms with van der Waals surface area (Å²) in [7, 11) is 0. The Labute approximate surface area is 159 Å². The topological polar surface area (TPSA) is 82.3 Å².